The van der Waals surface area contributed by atoms with Gasteiger partial charge in [0.05, 0.1) is 5.38 Å². The van der Waals surface area contributed by atoms with Gasteiger partial charge in [-0.25, -0.2) is 0 Å². The number of hydrogen-bond acceptors (Lipinski definition) is 1. The molecule has 0 N–H and O–H groups in total. The SMILES string of the molecule is Cc1cc(Br)c(C(Cl)C2(C)CCCCC2)s1. The Morgan fingerprint density at radius 1 is 1.38 bits per heavy atom. The molecule has 1 unspecified atom stereocenters. The molecular formula is C13H18BrClS. The zero-order valence-electron chi connectivity index (χ0n) is 9.85. The van der Waals surface area contributed by atoms with Crippen molar-refractivity contribution in [3.05, 3.63) is 20.3 Å². The van der Waals surface area contributed by atoms with Gasteiger partial charge in [0.15, 0.2) is 0 Å². The van der Waals surface area contributed by atoms with Crippen molar-refractivity contribution < 1.29 is 0 Å². The van der Waals surface area contributed by atoms with Gasteiger partial charge in [-0.15, -0.1) is 22.9 Å². The average Bonchev–Trinajstić information content (AvgIpc) is 2.58. The molecular weight excluding hydrogens is 304 g/mol. The van der Waals surface area contributed by atoms with Gasteiger partial charge in [0, 0.05) is 14.2 Å². The van der Waals surface area contributed by atoms with Gasteiger partial charge in [-0.3, -0.25) is 0 Å². The summed E-state index contributed by atoms with van der Waals surface area (Å²) < 4.78 is 1.20. The summed E-state index contributed by atoms with van der Waals surface area (Å²) in [5, 5.41) is 0.167. The van der Waals surface area contributed by atoms with Gasteiger partial charge in [-0.1, -0.05) is 26.2 Å². The number of aryl methyl sites for hydroxylation is 1. The molecule has 1 atom stereocenters. The van der Waals surface area contributed by atoms with Crippen LogP contribution in [0, 0.1) is 12.3 Å². The van der Waals surface area contributed by atoms with E-state index in [9.17, 15) is 0 Å². The highest BCUT2D eigenvalue weighted by Gasteiger charge is 2.36. The first kappa shape index (κ1) is 12.9. The largest absolute Gasteiger partial charge is 0.143 e. The fourth-order valence-corrected chi connectivity index (χ4v) is 5.24. The Labute approximate surface area is 116 Å². The Hall–Kier alpha value is 0.470. The van der Waals surface area contributed by atoms with Crippen molar-refractivity contribution in [2.75, 3.05) is 0 Å². The van der Waals surface area contributed by atoms with Gasteiger partial charge < -0.3 is 0 Å². The molecule has 1 fully saturated rings. The molecule has 1 aromatic rings. The fraction of sp³-hybridized carbons (Fsp3) is 0.692. The standard InChI is InChI=1S/C13H18BrClS/c1-9-8-10(14)11(16-9)12(15)13(2)6-4-3-5-7-13/h8,12H,3-7H2,1-2H3. The van der Waals surface area contributed by atoms with Crippen molar-refractivity contribution in [2.24, 2.45) is 5.41 Å². The smallest absolute Gasteiger partial charge is 0.0743 e. The molecule has 0 aromatic carbocycles. The third-order valence-electron chi connectivity index (χ3n) is 3.67. The molecule has 3 heteroatoms. The second-order valence-corrected chi connectivity index (χ2v) is 7.73. The predicted molar refractivity (Wildman–Crippen MR) is 76.5 cm³/mol. The maximum Gasteiger partial charge on any atom is 0.0743 e. The summed E-state index contributed by atoms with van der Waals surface area (Å²) in [4.78, 5) is 2.66. The Bertz CT molecular complexity index is 366. The number of hydrogen-bond donors (Lipinski definition) is 0. The van der Waals surface area contributed by atoms with Crippen LogP contribution in [0.1, 0.15) is 54.2 Å². The molecule has 90 valence electrons. The van der Waals surface area contributed by atoms with E-state index >= 15 is 0 Å². The molecule has 2 rings (SSSR count). The first-order chi connectivity index (χ1) is 7.53. The topological polar surface area (TPSA) is 0 Å². The van der Waals surface area contributed by atoms with Crippen LogP contribution in [0.2, 0.25) is 0 Å². The molecule has 0 amide bonds. The van der Waals surface area contributed by atoms with Gasteiger partial charge in [0.1, 0.15) is 0 Å². The van der Waals surface area contributed by atoms with Crippen molar-refractivity contribution in [3.63, 3.8) is 0 Å². The molecule has 0 aliphatic heterocycles. The highest BCUT2D eigenvalue weighted by atomic mass is 79.9. The lowest BCUT2D eigenvalue weighted by Crippen LogP contribution is -2.25. The zero-order chi connectivity index (χ0) is 11.8. The monoisotopic (exact) mass is 320 g/mol. The molecule has 1 aromatic heterocycles. The fourth-order valence-electron chi connectivity index (χ4n) is 2.60. The van der Waals surface area contributed by atoms with Crippen molar-refractivity contribution >= 4 is 38.9 Å². The van der Waals surface area contributed by atoms with E-state index in [-0.39, 0.29) is 5.38 Å². The Morgan fingerprint density at radius 2 is 2.00 bits per heavy atom. The van der Waals surface area contributed by atoms with Gasteiger partial charge in [-0.2, -0.15) is 0 Å². The molecule has 0 bridgehead atoms. The summed E-state index contributed by atoms with van der Waals surface area (Å²) in [6.07, 6.45) is 6.59. The molecule has 16 heavy (non-hydrogen) atoms. The molecule has 0 saturated heterocycles. The summed E-state index contributed by atoms with van der Waals surface area (Å²) in [6.45, 7) is 4.50. The Morgan fingerprint density at radius 3 is 2.50 bits per heavy atom. The summed E-state index contributed by atoms with van der Waals surface area (Å²) in [6, 6.07) is 2.18. The molecule has 0 spiro atoms. The van der Waals surface area contributed by atoms with E-state index in [0.717, 1.165) is 0 Å². The molecule has 1 heterocycles. The highest BCUT2D eigenvalue weighted by Crippen LogP contribution is 2.52. The third-order valence-corrected chi connectivity index (χ3v) is 6.58. The molecule has 0 nitrogen and oxygen atoms in total. The molecule has 0 radical (unpaired) electrons. The van der Waals surface area contributed by atoms with E-state index in [1.807, 2.05) is 11.3 Å². The molecule has 1 aliphatic rings. The minimum Gasteiger partial charge on any atom is -0.143 e. The minimum atomic E-state index is 0.167. The van der Waals surface area contributed by atoms with Gasteiger partial charge in [0.25, 0.3) is 0 Å². The van der Waals surface area contributed by atoms with Crippen LogP contribution in [0.4, 0.5) is 0 Å². The van der Waals surface area contributed by atoms with E-state index in [4.69, 9.17) is 11.6 Å². The number of thiophene rings is 1. The second-order valence-electron chi connectivity index (χ2n) is 5.15. The quantitative estimate of drug-likeness (QED) is 0.580. The predicted octanol–water partition coefficient (Wildman–Crippen LogP) is 6.07. The number of alkyl halides is 1. The number of rotatable bonds is 2. The lowest BCUT2D eigenvalue weighted by molar-refractivity contribution is 0.208. The summed E-state index contributed by atoms with van der Waals surface area (Å²) in [5.41, 5.74) is 0.291. The maximum absolute atomic E-state index is 6.73. The van der Waals surface area contributed by atoms with E-state index in [1.54, 1.807) is 0 Å². The summed E-state index contributed by atoms with van der Waals surface area (Å²) >= 11 is 12.2. The Balaban J connectivity index is 2.23. The molecule has 1 saturated carbocycles. The van der Waals surface area contributed by atoms with Crippen molar-refractivity contribution in [1.82, 2.24) is 0 Å². The van der Waals surface area contributed by atoms with E-state index in [0.29, 0.717) is 5.41 Å². The average molecular weight is 322 g/mol. The van der Waals surface area contributed by atoms with Crippen LogP contribution in [0.15, 0.2) is 10.5 Å². The first-order valence-electron chi connectivity index (χ1n) is 5.93. The lowest BCUT2D eigenvalue weighted by atomic mass is 9.73. The van der Waals surface area contributed by atoms with Gasteiger partial charge >= 0.3 is 0 Å². The van der Waals surface area contributed by atoms with Crippen molar-refractivity contribution in [3.8, 4) is 0 Å². The second kappa shape index (κ2) is 4.99. The lowest BCUT2D eigenvalue weighted by Gasteiger charge is -2.37. The van der Waals surface area contributed by atoms with Crippen LogP contribution in [-0.4, -0.2) is 0 Å². The van der Waals surface area contributed by atoms with Crippen LogP contribution >= 0.6 is 38.9 Å². The highest BCUT2D eigenvalue weighted by molar-refractivity contribution is 9.10. The molecule has 1 aliphatic carbocycles. The van der Waals surface area contributed by atoms with Crippen molar-refractivity contribution in [2.45, 2.75) is 51.3 Å². The van der Waals surface area contributed by atoms with E-state index < -0.39 is 0 Å². The van der Waals surface area contributed by atoms with Crippen LogP contribution in [0.25, 0.3) is 0 Å². The zero-order valence-corrected chi connectivity index (χ0v) is 13.0. The normalized spacial score (nSPS) is 22.0. The Kier molecular flexibility index (Phi) is 4.03. The number of halogens is 2. The summed E-state index contributed by atoms with van der Waals surface area (Å²) in [7, 11) is 0. The first-order valence-corrected chi connectivity index (χ1v) is 7.97. The minimum absolute atomic E-state index is 0.167. The summed E-state index contributed by atoms with van der Waals surface area (Å²) in [5.74, 6) is 0. The van der Waals surface area contributed by atoms with Crippen LogP contribution in [0.5, 0.6) is 0 Å². The van der Waals surface area contributed by atoms with Crippen LogP contribution < -0.4 is 0 Å². The van der Waals surface area contributed by atoms with Crippen molar-refractivity contribution in [1.29, 1.82) is 0 Å². The van der Waals surface area contributed by atoms with Crippen LogP contribution in [-0.2, 0) is 0 Å². The maximum atomic E-state index is 6.73. The van der Waals surface area contributed by atoms with E-state index in [1.165, 1.54) is 46.3 Å². The van der Waals surface area contributed by atoms with Gasteiger partial charge in [0.2, 0.25) is 0 Å². The van der Waals surface area contributed by atoms with Crippen LogP contribution in [0.3, 0.4) is 0 Å². The van der Waals surface area contributed by atoms with E-state index in [2.05, 4.69) is 35.8 Å². The third kappa shape index (κ3) is 2.49. The van der Waals surface area contributed by atoms with Gasteiger partial charge in [-0.05, 0) is 47.2 Å².